The van der Waals surface area contributed by atoms with Gasteiger partial charge in [0.05, 0.1) is 0 Å². The lowest BCUT2D eigenvalue weighted by Gasteiger charge is -2.36. The van der Waals surface area contributed by atoms with Crippen LogP contribution in [0.4, 0.5) is 0 Å². The summed E-state index contributed by atoms with van der Waals surface area (Å²) in [5, 5.41) is 3.41. The van der Waals surface area contributed by atoms with E-state index in [9.17, 15) is 4.79 Å². The van der Waals surface area contributed by atoms with E-state index in [-0.39, 0.29) is 18.6 Å². The van der Waals surface area contributed by atoms with Crippen LogP contribution in [0.2, 0.25) is 0 Å². The number of benzene rings is 3. The summed E-state index contributed by atoms with van der Waals surface area (Å²) < 4.78 is 5.89. The van der Waals surface area contributed by atoms with Crippen LogP contribution in [-0.4, -0.2) is 43.1 Å². The average molecular weight is 401 g/mol. The summed E-state index contributed by atoms with van der Waals surface area (Å²) in [4.78, 5) is 14.9. The Morgan fingerprint density at radius 3 is 2.37 bits per heavy atom. The maximum absolute atomic E-state index is 12.9. The molecule has 0 saturated carbocycles. The molecule has 4 nitrogen and oxygen atoms in total. The lowest BCUT2D eigenvalue weighted by atomic mass is 10.0. The van der Waals surface area contributed by atoms with Gasteiger partial charge in [0.25, 0.3) is 5.91 Å². The molecule has 1 aliphatic rings. The Morgan fingerprint density at radius 1 is 0.900 bits per heavy atom. The zero-order chi connectivity index (χ0) is 20.6. The van der Waals surface area contributed by atoms with Crippen molar-refractivity contribution in [2.45, 2.75) is 18.9 Å². The monoisotopic (exact) mass is 400 g/mol. The number of nitrogens with zero attached hydrogens (tertiary/aromatic N) is 1. The van der Waals surface area contributed by atoms with Gasteiger partial charge in [-0.2, -0.15) is 0 Å². The number of carbonyl (C=O) groups is 1. The molecule has 4 heteroatoms. The van der Waals surface area contributed by atoms with Crippen molar-refractivity contribution in [3.8, 4) is 5.75 Å². The topological polar surface area (TPSA) is 41.6 Å². The predicted octanol–water partition coefficient (Wildman–Crippen LogP) is 3.70. The fraction of sp³-hybridized carbons (Fsp3) is 0.269. The first-order valence-corrected chi connectivity index (χ1v) is 10.6. The van der Waals surface area contributed by atoms with Crippen molar-refractivity contribution in [3.05, 3.63) is 102 Å². The van der Waals surface area contributed by atoms with E-state index in [1.54, 1.807) is 0 Å². The van der Waals surface area contributed by atoms with Crippen LogP contribution in [0.1, 0.15) is 16.7 Å². The summed E-state index contributed by atoms with van der Waals surface area (Å²) in [6.45, 7) is 2.42. The van der Waals surface area contributed by atoms with Crippen molar-refractivity contribution in [2.24, 2.45) is 0 Å². The minimum atomic E-state index is 0.0471. The molecule has 1 atom stereocenters. The van der Waals surface area contributed by atoms with Crippen LogP contribution in [0.5, 0.6) is 5.75 Å². The summed E-state index contributed by atoms with van der Waals surface area (Å²) in [7, 11) is 0. The van der Waals surface area contributed by atoms with Crippen LogP contribution in [0, 0.1) is 0 Å². The fourth-order valence-electron chi connectivity index (χ4n) is 3.96. The summed E-state index contributed by atoms with van der Waals surface area (Å²) in [6, 6.07) is 28.9. The molecule has 30 heavy (non-hydrogen) atoms. The molecule has 0 radical (unpaired) electrons. The van der Waals surface area contributed by atoms with Gasteiger partial charge in [0, 0.05) is 25.7 Å². The van der Waals surface area contributed by atoms with Gasteiger partial charge in [-0.3, -0.25) is 4.79 Å². The summed E-state index contributed by atoms with van der Waals surface area (Å²) in [6.07, 6.45) is 1.70. The van der Waals surface area contributed by atoms with E-state index in [1.807, 2.05) is 59.5 Å². The van der Waals surface area contributed by atoms with E-state index in [1.165, 1.54) is 16.7 Å². The van der Waals surface area contributed by atoms with Gasteiger partial charge in [-0.15, -0.1) is 0 Å². The standard InChI is InChI=1S/C26H28N2O2/c29-26(28-15-14-27-19-24(28)17-22-10-5-2-6-11-22)20-30-25-13-7-12-23(18-25)16-21-8-3-1-4-9-21/h1-13,18,24,27H,14-17,19-20H2/t24-/m1/s1. The van der Waals surface area contributed by atoms with Gasteiger partial charge in [-0.05, 0) is 41.7 Å². The third-order valence-corrected chi connectivity index (χ3v) is 5.50. The smallest absolute Gasteiger partial charge is 0.260 e. The minimum Gasteiger partial charge on any atom is -0.484 e. The molecule has 0 unspecified atom stereocenters. The van der Waals surface area contributed by atoms with Gasteiger partial charge in [-0.1, -0.05) is 72.8 Å². The van der Waals surface area contributed by atoms with E-state index in [2.05, 4.69) is 35.6 Å². The third-order valence-electron chi connectivity index (χ3n) is 5.50. The molecule has 1 N–H and O–H groups in total. The van der Waals surface area contributed by atoms with E-state index in [4.69, 9.17) is 4.74 Å². The van der Waals surface area contributed by atoms with Crippen molar-refractivity contribution in [3.63, 3.8) is 0 Å². The fourth-order valence-corrected chi connectivity index (χ4v) is 3.96. The first-order valence-electron chi connectivity index (χ1n) is 10.6. The number of nitrogens with one attached hydrogen (secondary N) is 1. The first kappa shape index (κ1) is 20.2. The highest BCUT2D eigenvalue weighted by molar-refractivity contribution is 5.78. The van der Waals surface area contributed by atoms with E-state index >= 15 is 0 Å². The van der Waals surface area contributed by atoms with Crippen molar-refractivity contribution >= 4 is 5.91 Å². The molecule has 0 bridgehead atoms. The molecule has 1 amide bonds. The quantitative estimate of drug-likeness (QED) is 0.658. The van der Waals surface area contributed by atoms with E-state index in [0.717, 1.165) is 31.7 Å². The number of hydrogen-bond donors (Lipinski definition) is 1. The Hall–Kier alpha value is -3.11. The molecule has 1 aliphatic heterocycles. The molecule has 3 aromatic carbocycles. The molecular weight excluding hydrogens is 372 g/mol. The van der Waals surface area contributed by atoms with Crippen LogP contribution >= 0.6 is 0 Å². The van der Waals surface area contributed by atoms with E-state index < -0.39 is 0 Å². The number of piperazine rings is 1. The molecular formula is C26H28N2O2. The summed E-state index contributed by atoms with van der Waals surface area (Å²) >= 11 is 0. The molecule has 154 valence electrons. The van der Waals surface area contributed by atoms with Gasteiger partial charge < -0.3 is 15.0 Å². The Morgan fingerprint density at radius 2 is 1.60 bits per heavy atom. The van der Waals surface area contributed by atoms with Crippen LogP contribution in [-0.2, 0) is 17.6 Å². The van der Waals surface area contributed by atoms with Crippen molar-refractivity contribution in [1.29, 1.82) is 0 Å². The lowest BCUT2D eigenvalue weighted by Crippen LogP contribution is -2.55. The Labute approximate surface area is 178 Å². The van der Waals surface area contributed by atoms with Gasteiger partial charge in [-0.25, -0.2) is 0 Å². The zero-order valence-corrected chi connectivity index (χ0v) is 17.2. The summed E-state index contributed by atoms with van der Waals surface area (Å²) in [5.41, 5.74) is 3.68. The predicted molar refractivity (Wildman–Crippen MR) is 120 cm³/mol. The largest absolute Gasteiger partial charge is 0.484 e. The number of rotatable bonds is 7. The van der Waals surface area contributed by atoms with Gasteiger partial charge in [0.15, 0.2) is 6.61 Å². The highest BCUT2D eigenvalue weighted by atomic mass is 16.5. The number of hydrogen-bond acceptors (Lipinski definition) is 3. The molecule has 1 saturated heterocycles. The Balaban J connectivity index is 1.35. The highest BCUT2D eigenvalue weighted by Crippen LogP contribution is 2.17. The lowest BCUT2D eigenvalue weighted by molar-refractivity contribution is -0.136. The first-order chi connectivity index (χ1) is 14.8. The second-order valence-corrected chi connectivity index (χ2v) is 7.73. The van der Waals surface area contributed by atoms with Crippen molar-refractivity contribution in [2.75, 3.05) is 26.2 Å². The molecule has 0 spiro atoms. The number of ether oxygens (including phenoxy) is 1. The maximum Gasteiger partial charge on any atom is 0.260 e. The molecule has 4 rings (SSSR count). The number of carbonyl (C=O) groups excluding carboxylic acids is 1. The SMILES string of the molecule is O=C(COc1cccc(Cc2ccccc2)c1)N1CCNC[C@H]1Cc1ccccc1. The van der Waals surface area contributed by atoms with Crippen molar-refractivity contribution in [1.82, 2.24) is 10.2 Å². The van der Waals surface area contributed by atoms with E-state index in [0.29, 0.717) is 6.54 Å². The highest BCUT2D eigenvalue weighted by Gasteiger charge is 2.26. The second kappa shape index (κ2) is 10.1. The summed E-state index contributed by atoms with van der Waals surface area (Å²) in [5.74, 6) is 0.789. The average Bonchev–Trinajstić information content (AvgIpc) is 2.79. The minimum absolute atomic E-state index is 0.0471. The molecule has 1 heterocycles. The zero-order valence-electron chi connectivity index (χ0n) is 17.2. The van der Waals surface area contributed by atoms with Crippen LogP contribution < -0.4 is 10.1 Å². The molecule has 3 aromatic rings. The van der Waals surface area contributed by atoms with Gasteiger partial charge in [0.1, 0.15) is 5.75 Å². The Kier molecular flexibility index (Phi) is 6.78. The Bertz CT molecular complexity index is 944. The van der Waals surface area contributed by atoms with Crippen LogP contribution in [0.15, 0.2) is 84.9 Å². The van der Waals surface area contributed by atoms with Crippen LogP contribution in [0.3, 0.4) is 0 Å². The second-order valence-electron chi connectivity index (χ2n) is 7.73. The molecule has 0 aliphatic carbocycles. The number of amides is 1. The van der Waals surface area contributed by atoms with Crippen LogP contribution in [0.25, 0.3) is 0 Å². The third kappa shape index (κ3) is 5.49. The van der Waals surface area contributed by atoms with Crippen molar-refractivity contribution < 1.29 is 9.53 Å². The maximum atomic E-state index is 12.9. The molecule has 0 aromatic heterocycles. The van der Waals surface area contributed by atoms with Gasteiger partial charge >= 0.3 is 0 Å². The van der Waals surface area contributed by atoms with Gasteiger partial charge in [0.2, 0.25) is 0 Å². The molecule has 1 fully saturated rings. The normalized spacial score (nSPS) is 16.3.